The standard InChI is InChI=1S/C15H15NOS/c1-11(17)12-6-7-16(8-12)9-13-10-18-15-5-3-2-4-14(13)15/h2-8,13H,9-10H2,1H3. The minimum atomic E-state index is 0.134. The van der Waals surface area contributed by atoms with Crippen LogP contribution in [0.4, 0.5) is 0 Å². The van der Waals surface area contributed by atoms with E-state index in [2.05, 4.69) is 28.8 Å². The van der Waals surface area contributed by atoms with E-state index in [4.69, 9.17) is 0 Å². The Kier molecular flexibility index (Phi) is 3.00. The molecule has 2 heterocycles. The van der Waals surface area contributed by atoms with Gasteiger partial charge in [0.05, 0.1) is 0 Å². The molecule has 1 atom stereocenters. The Labute approximate surface area is 111 Å². The normalized spacial score (nSPS) is 17.7. The number of carbonyl (C=O) groups excluding carboxylic acids is 1. The topological polar surface area (TPSA) is 22.0 Å². The Bertz CT molecular complexity index is 588. The van der Waals surface area contributed by atoms with Crippen LogP contribution in [0, 0.1) is 0 Å². The fourth-order valence-electron chi connectivity index (χ4n) is 2.40. The van der Waals surface area contributed by atoms with Crippen molar-refractivity contribution in [1.29, 1.82) is 0 Å². The second-order valence-electron chi connectivity index (χ2n) is 4.70. The van der Waals surface area contributed by atoms with Crippen LogP contribution >= 0.6 is 11.8 Å². The lowest BCUT2D eigenvalue weighted by atomic mass is 10.0. The molecule has 2 aromatic rings. The fraction of sp³-hybridized carbons (Fsp3) is 0.267. The third-order valence-corrected chi connectivity index (χ3v) is 4.64. The molecule has 1 aliphatic rings. The van der Waals surface area contributed by atoms with E-state index in [1.165, 1.54) is 10.5 Å². The molecular weight excluding hydrogens is 242 g/mol. The van der Waals surface area contributed by atoms with Gasteiger partial charge in [0.2, 0.25) is 0 Å². The molecule has 1 aromatic carbocycles. The number of nitrogens with zero attached hydrogens (tertiary/aromatic N) is 1. The van der Waals surface area contributed by atoms with E-state index >= 15 is 0 Å². The van der Waals surface area contributed by atoms with Crippen molar-refractivity contribution >= 4 is 17.5 Å². The number of carbonyl (C=O) groups is 1. The van der Waals surface area contributed by atoms with Crippen LogP contribution < -0.4 is 0 Å². The van der Waals surface area contributed by atoms with Crippen LogP contribution in [0.15, 0.2) is 47.6 Å². The van der Waals surface area contributed by atoms with E-state index in [0.29, 0.717) is 5.92 Å². The average molecular weight is 257 g/mol. The first-order valence-electron chi connectivity index (χ1n) is 6.12. The van der Waals surface area contributed by atoms with E-state index in [9.17, 15) is 4.79 Å². The zero-order valence-electron chi connectivity index (χ0n) is 10.3. The smallest absolute Gasteiger partial charge is 0.161 e. The molecule has 92 valence electrons. The lowest BCUT2D eigenvalue weighted by molar-refractivity contribution is 0.101. The molecule has 1 aliphatic heterocycles. The Hall–Kier alpha value is -1.48. The molecule has 3 rings (SSSR count). The maximum Gasteiger partial charge on any atom is 0.161 e. The van der Waals surface area contributed by atoms with Crippen LogP contribution in [-0.4, -0.2) is 16.1 Å². The number of hydrogen-bond donors (Lipinski definition) is 0. The Balaban J connectivity index is 1.80. The first-order valence-corrected chi connectivity index (χ1v) is 7.11. The number of thioether (sulfide) groups is 1. The van der Waals surface area contributed by atoms with Gasteiger partial charge in [-0.3, -0.25) is 4.79 Å². The predicted molar refractivity (Wildman–Crippen MR) is 74.3 cm³/mol. The third kappa shape index (κ3) is 2.10. The van der Waals surface area contributed by atoms with Gasteiger partial charge in [0.15, 0.2) is 5.78 Å². The van der Waals surface area contributed by atoms with Crippen molar-refractivity contribution in [1.82, 2.24) is 4.57 Å². The largest absolute Gasteiger partial charge is 0.353 e. The van der Waals surface area contributed by atoms with Gasteiger partial charge < -0.3 is 4.57 Å². The predicted octanol–water partition coefficient (Wildman–Crippen LogP) is 3.58. The Morgan fingerprint density at radius 2 is 2.22 bits per heavy atom. The average Bonchev–Trinajstić information content (AvgIpc) is 2.98. The Morgan fingerprint density at radius 1 is 1.39 bits per heavy atom. The summed E-state index contributed by atoms with van der Waals surface area (Å²) in [5.74, 6) is 1.82. The molecule has 1 unspecified atom stereocenters. The van der Waals surface area contributed by atoms with Crippen LogP contribution in [0.25, 0.3) is 0 Å². The van der Waals surface area contributed by atoms with Crippen molar-refractivity contribution < 1.29 is 4.79 Å². The molecule has 0 bridgehead atoms. The van der Waals surface area contributed by atoms with Crippen LogP contribution in [0.3, 0.4) is 0 Å². The van der Waals surface area contributed by atoms with Gasteiger partial charge in [0, 0.05) is 41.1 Å². The van der Waals surface area contributed by atoms with E-state index in [0.717, 1.165) is 17.9 Å². The van der Waals surface area contributed by atoms with E-state index in [1.807, 2.05) is 30.2 Å². The maximum atomic E-state index is 11.3. The molecular formula is C15H15NOS. The summed E-state index contributed by atoms with van der Waals surface area (Å²) in [6.45, 7) is 2.57. The van der Waals surface area contributed by atoms with Crippen molar-refractivity contribution in [3.8, 4) is 0 Å². The number of hydrogen-bond acceptors (Lipinski definition) is 2. The van der Waals surface area contributed by atoms with Crippen molar-refractivity contribution in [2.45, 2.75) is 24.3 Å². The summed E-state index contributed by atoms with van der Waals surface area (Å²) in [7, 11) is 0. The van der Waals surface area contributed by atoms with Gasteiger partial charge in [-0.2, -0.15) is 0 Å². The van der Waals surface area contributed by atoms with Gasteiger partial charge in [0.1, 0.15) is 0 Å². The summed E-state index contributed by atoms with van der Waals surface area (Å²) in [5.41, 5.74) is 2.24. The van der Waals surface area contributed by atoms with Gasteiger partial charge in [-0.1, -0.05) is 18.2 Å². The van der Waals surface area contributed by atoms with Crippen molar-refractivity contribution in [2.24, 2.45) is 0 Å². The van der Waals surface area contributed by atoms with Crippen LogP contribution in [0.2, 0.25) is 0 Å². The van der Waals surface area contributed by atoms with Crippen molar-refractivity contribution in [2.75, 3.05) is 5.75 Å². The number of aromatic nitrogens is 1. The molecule has 0 saturated carbocycles. The highest BCUT2D eigenvalue weighted by molar-refractivity contribution is 7.99. The molecule has 0 radical (unpaired) electrons. The van der Waals surface area contributed by atoms with E-state index < -0.39 is 0 Å². The molecule has 1 aromatic heterocycles. The molecule has 3 heteroatoms. The summed E-state index contributed by atoms with van der Waals surface area (Å²) >= 11 is 1.93. The van der Waals surface area contributed by atoms with Crippen molar-refractivity contribution in [3.63, 3.8) is 0 Å². The molecule has 0 N–H and O–H groups in total. The SMILES string of the molecule is CC(=O)c1ccn(CC2CSc3ccccc32)c1. The number of ketones is 1. The molecule has 0 amide bonds. The Morgan fingerprint density at radius 3 is 3.00 bits per heavy atom. The number of rotatable bonds is 3. The second-order valence-corrected chi connectivity index (χ2v) is 5.76. The van der Waals surface area contributed by atoms with Crippen LogP contribution in [0.1, 0.15) is 28.8 Å². The quantitative estimate of drug-likeness (QED) is 0.784. The summed E-state index contributed by atoms with van der Waals surface area (Å²) in [5, 5.41) is 0. The highest BCUT2D eigenvalue weighted by Gasteiger charge is 2.22. The lowest BCUT2D eigenvalue weighted by Gasteiger charge is -2.11. The van der Waals surface area contributed by atoms with Gasteiger partial charge in [-0.15, -0.1) is 11.8 Å². The van der Waals surface area contributed by atoms with Crippen LogP contribution in [-0.2, 0) is 6.54 Å². The second kappa shape index (κ2) is 4.65. The monoisotopic (exact) mass is 257 g/mol. The molecule has 18 heavy (non-hydrogen) atoms. The molecule has 2 nitrogen and oxygen atoms in total. The fourth-order valence-corrected chi connectivity index (χ4v) is 3.64. The number of fused-ring (bicyclic) bond motifs is 1. The molecule has 0 fully saturated rings. The van der Waals surface area contributed by atoms with Gasteiger partial charge in [0.25, 0.3) is 0 Å². The summed E-state index contributed by atoms with van der Waals surface area (Å²) in [6.07, 6.45) is 3.95. The molecule has 0 saturated heterocycles. The van der Waals surface area contributed by atoms with Crippen LogP contribution in [0.5, 0.6) is 0 Å². The molecule has 0 spiro atoms. The summed E-state index contributed by atoms with van der Waals surface area (Å²) in [6, 6.07) is 10.5. The number of benzene rings is 1. The molecule has 0 aliphatic carbocycles. The summed E-state index contributed by atoms with van der Waals surface area (Å²) in [4.78, 5) is 12.7. The zero-order valence-corrected chi connectivity index (χ0v) is 11.1. The third-order valence-electron chi connectivity index (χ3n) is 3.39. The summed E-state index contributed by atoms with van der Waals surface area (Å²) < 4.78 is 2.13. The first kappa shape index (κ1) is 11.6. The maximum absolute atomic E-state index is 11.3. The van der Waals surface area contributed by atoms with Gasteiger partial charge >= 0.3 is 0 Å². The van der Waals surface area contributed by atoms with E-state index in [-0.39, 0.29) is 5.78 Å². The highest BCUT2D eigenvalue weighted by atomic mass is 32.2. The first-order chi connectivity index (χ1) is 8.74. The van der Waals surface area contributed by atoms with Crippen molar-refractivity contribution in [3.05, 3.63) is 53.9 Å². The minimum absolute atomic E-state index is 0.134. The lowest BCUT2D eigenvalue weighted by Crippen LogP contribution is -2.07. The minimum Gasteiger partial charge on any atom is -0.353 e. The van der Waals surface area contributed by atoms with Gasteiger partial charge in [-0.05, 0) is 24.6 Å². The van der Waals surface area contributed by atoms with E-state index in [1.54, 1.807) is 6.92 Å². The van der Waals surface area contributed by atoms with Gasteiger partial charge in [-0.25, -0.2) is 0 Å². The highest BCUT2D eigenvalue weighted by Crippen LogP contribution is 2.40. The number of Topliss-reactive ketones (excluding diaryl/α,β-unsaturated/α-hetero) is 1. The zero-order chi connectivity index (χ0) is 12.5.